The predicted octanol–water partition coefficient (Wildman–Crippen LogP) is 4.91. The average molecular weight is 804 g/mol. The van der Waals surface area contributed by atoms with Crippen molar-refractivity contribution in [2.24, 2.45) is 17.8 Å². The molecule has 6 aliphatic rings. The van der Waals surface area contributed by atoms with Crippen LogP contribution in [0.15, 0.2) is 43.0 Å². The molecule has 3 N–H and O–H groups in total. The number of benzene rings is 1. The number of amides is 4. The summed E-state index contributed by atoms with van der Waals surface area (Å²) in [6.45, 7) is 3.82. The summed E-state index contributed by atoms with van der Waals surface area (Å²) in [6, 6.07) is 5.58. The van der Waals surface area contributed by atoms with Gasteiger partial charge in [-0.15, -0.1) is 6.58 Å². The molecule has 8 rings (SSSR count). The Bertz CT molecular complexity index is 2060. The number of allylic oxidation sites excluding steroid dienone is 1. The summed E-state index contributed by atoms with van der Waals surface area (Å²) in [5.74, 6) is -1.35. The molecule has 1 aromatic carbocycles. The minimum absolute atomic E-state index is 0.00267. The van der Waals surface area contributed by atoms with Crippen molar-refractivity contribution in [3.8, 4) is 11.6 Å². The molecular weight excluding hydrogens is 751 g/mol. The lowest BCUT2D eigenvalue weighted by molar-refractivity contribution is -0.142. The van der Waals surface area contributed by atoms with Gasteiger partial charge in [0.2, 0.25) is 27.7 Å². The van der Waals surface area contributed by atoms with Crippen LogP contribution in [-0.2, 0) is 29.1 Å². The largest absolute Gasteiger partial charge is 0.497 e. The molecule has 0 spiro atoms. The molecule has 0 unspecified atom stereocenters. The zero-order valence-electron chi connectivity index (χ0n) is 32.5. The van der Waals surface area contributed by atoms with Crippen LogP contribution in [0.1, 0.15) is 95.5 Å². The van der Waals surface area contributed by atoms with Crippen molar-refractivity contribution in [2.75, 3.05) is 13.7 Å². The molecule has 306 valence electrons. The van der Waals surface area contributed by atoms with E-state index in [0.29, 0.717) is 30.0 Å². The second-order valence-electron chi connectivity index (χ2n) is 16.7. The Morgan fingerprint density at radius 1 is 1.02 bits per heavy atom. The minimum atomic E-state index is -3.90. The number of carbonyl (C=O) groups is 4. The SMILES string of the molecule is C=C[C@@H]1C[C@]1(NC(=O)[C@@H]1C[C@@H]2CN1C(=O)[C@H](C1CCCC1)NC(=O)O[C@H]1CCC[C@@H]1CCC/C=C/c1cc3ccc(OC)cc3nc1O2)C(=O)NS(=O)(=O)C1CC1. The summed E-state index contributed by atoms with van der Waals surface area (Å²) in [6.07, 6.45) is 13.8. The zero-order valence-corrected chi connectivity index (χ0v) is 33.3. The van der Waals surface area contributed by atoms with Crippen molar-refractivity contribution in [3.63, 3.8) is 0 Å². The van der Waals surface area contributed by atoms with Gasteiger partial charge in [0.15, 0.2) is 0 Å². The number of sulfonamides is 1. The van der Waals surface area contributed by atoms with Crippen LogP contribution in [0.25, 0.3) is 17.0 Å². The topological polar surface area (TPSA) is 182 Å². The second-order valence-corrected chi connectivity index (χ2v) is 18.7. The van der Waals surface area contributed by atoms with E-state index in [0.717, 1.165) is 75.2 Å². The van der Waals surface area contributed by atoms with Gasteiger partial charge < -0.3 is 29.7 Å². The van der Waals surface area contributed by atoms with Gasteiger partial charge >= 0.3 is 6.09 Å². The zero-order chi connectivity index (χ0) is 39.9. The highest BCUT2D eigenvalue weighted by molar-refractivity contribution is 7.91. The maximum absolute atomic E-state index is 14.9. The first-order chi connectivity index (χ1) is 27.5. The van der Waals surface area contributed by atoms with Gasteiger partial charge in [-0.2, -0.15) is 0 Å². The van der Waals surface area contributed by atoms with Gasteiger partial charge in [-0.05, 0) is 101 Å². The van der Waals surface area contributed by atoms with Gasteiger partial charge in [-0.3, -0.25) is 19.1 Å². The van der Waals surface area contributed by atoms with Crippen molar-refractivity contribution in [1.82, 2.24) is 25.2 Å². The van der Waals surface area contributed by atoms with E-state index in [-0.39, 0.29) is 37.3 Å². The number of hydrogen-bond donors (Lipinski definition) is 3. The molecular formula is C42H53N5O9S. The minimum Gasteiger partial charge on any atom is -0.497 e. The summed E-state index contributed by atoms with van der Waals surface area (Å²) in [7, 11) is -2.31. The number of ether oxygens (including phenoxy) is 3. The summed E-state index contributed by atoms with van der Waals surface area (Å²) < 4.78 is 46.0. The predicted molar refractivity (Wildman–Crippen MR) is 211 cm³/mol. The molecule has 2 aromatic rings. The summed E-state index contributed by atoms with van der Waals surface area (Å²) in [4.78, 5) is 63.0. The lowest BCUT2D eigenvalue weighted by Crippen LogP contribution is -2.59. The smallest absolute Gasteiger partial charge is 0.408 e. The van der Waals surface area contributed by atoms with E-state index in [4.69, 9.17) is 19.2 Å². The quantitative estimate of drug-likeness (QED) is 0.310. The Morgan fingerprint density at radius 2 is 1.79 bits per heavy atom. The lowest BCUT2D eigenvalue weighted by atomic mass is 9.96. The van der Waals surface area contributed by atoms with Crippen molar-refractivity contribution >= 4 is 50.8 Å². The molecule has 3 heterocycles. The van der Waals surface area contributed by atoms with Crippen LogP contribution in [-0.4, -0.2) is 90.9 Å². The second kappa shape index (κ2) is 15.9. The van der Waals surface area contributed by atoms with E-state index < -0.39 is 68.7 Å². The number of pyridine rings is 1. The van der Waals surface area contributed by atoms with Gasteiger partial charge in [0, 0.05) is 29.4 Å². The Balaban J connectivity index is 1.14. The van der Waals surface area contributed by atoms with Crippen molar-refractivity contribution in [1.29, 1.82) is 0 Å². The molecule has 4 aliphatic carbocycles. The Kier molecular flexibility index (Phi) is 11.0. The molecule has 57 heavy (non-hydrogen) atoms. The van der Waals surface area contributed by atoms with Crippen LogP contribution in [0.5, 0.6) is 11.6 Å². The van der Waals surface area contributed by atoms with Crippen molar-refractivity contribution in [3.05, 3.63) is 48.6 Å². The molecule has 1 aromatic heterocycles. The number of nitrogens with one attached hydrogen (secondary N) is 3. The van der Waals surface area contributed by atoms with E-state index >= 15 is 0 Å². The molecule has 4 amide bonds. The summed E-state index contributed by atoms with van der Waals surface area (Å²) >= 11 is 0. The third-order valence-electron chi connectivity index (χ3n) is 12.9. The fourth-order valence-corrected chi connectivity index (χ4v) is 10.7. The lowest BCUT2D eigenvalue weighted by Gasteiger charge is -2.32. The maximum Gasteiger partial charge on any atom is 0.408 e. The molecule has 4 saturated carbocycles. The van der Waals surface area contributed by atoms with Crippen LogP contribution >= 0.6 is 0 Å². The van der Waals surface area contributed by atoms with Crippen molar-refractivity contribution < 1.29 is 41.8 Å². The molecule has 2 bridgehead atoms. The number of nitrogens with zero attached hydrogens (tertiary/aromatic N) is 2. The molecule has 7 atom stereocenters. The molecule has 0 radical (unpaired) electrons. The van der Waals surface area contributed by atoms with E-state index in [1.165, 1.54) is 11.0 Å². The summed E-state index contributed by atoms with van der Waals surface area (Å²) in [5, 5.41) is 6.06. The Hall–Kier alpha value is -4.66. The van der Waals surface area contributed by atoms with E-state index in [2.05, 4.69) is 28.0 Å². The van der Waals surface area contributed by atoms with Gasteiger partial charge in [0.1, 0.15) is 35.6 Å². The van der Waals surface area contributed by atoms with Gasteiger partial charge in [0.05, 0.1) is 24.4 Å². The number of alkyl carbamates (subject to hydrolysis) is 1. The average Bonchev–Trinajstić information content (AvgIpc) is 3.98. The highest BCUT2D eigenvalue weighted by Crippen LogP contribution is 2.46. The highest BCUT2D eigenvalue weighted by atomic mass is 32.2. The first kappa shape index (κ1) is 39.2. The first-order valence-electron chi connectivity index (χ1n) is 20.6. The first-order valence-corrected chi connectivity index (χ1v) is 22.1. The Labute approximate surface area is 333 Å². The number of methoxy groups -OCH3 is 1. The fourth-order valence-electron chi connectivity index (χ4n) is 9.38. The van der Waals surface area contributed by atoms with Gasteiger partial charge in [-0.25, -0.2) is 18.2 Å². The van der Waals surface area contributed by atoms with Gasteiger partial charge in [-0.1, -0.05) is 31.1 Å². The summed E-state index contributed by atoms with van der Waals surface area (Å²) in [5.41, 5.74) is -0.141. The Morgan fingerprint density at radius 3 is 2.53 bits per heavy atom. The molecule has 5 fully saturated rings. The third kappa shape index (κ3) is 8.22. The van der Waals surface area contributed by atoms with Crippen LogP contribution < -0.4 is 24.8 Å². The third-order valence-corrected chi connectivity index (χ3v) is 14.7. The molecule has 1 saturated heterocycles. The van der Waals surface area contributed by atoms with Crippen molar-refractivity contribution in [2.45, 2.75) is 125 Å². The monoisotopic (exact) mass is 803 g/mol. The van der Waals surface area contributed by atoms with E-state index in [1.807, 2.05) is 30.3 Å². The highest BCUT2D eigenvalue weighted by Gasteiger charge is 2.62. The fraction of sp³-hybridized carbons (Fsp3) is 0.595. The number of carbonyl (C=O) groups excluding carboxylic acids is 4. The van der Waals surface area contributed by atoms with Crippen LogP contribution in [0.4, 0.5) is 4.79 Å². The standard InChI is InChI=1S/C42H53N5O9S/c1-3-29-23-42(29,40(50)46-57(52,53)32-18-19-32)45-37(48)34-22-31-24-47(34)39(49)36(26-11-7-8-12-26)44-41(51)56-35-15-9-14-25(35)10-5-4-6-13-28-20-27-16-17-30(54-2)21-33(27)43-38(28)55-31/h3,6,13,16-17,20-21,25-26,29,31-32,34-36H,1,4-5,7-12,14-15,18-19,22-24H2,2H3,(H,44,51)(H,45,48)(H,46,50)/b13-6+/t25-,29+,31+,34-,35-,36-,42+/m0/s1. The number of hydrogen-bond acceptors (Lipinski definition) is 10. The molecule has 15 heteroatoms. The molecule has 2 aliphatic heterocycles. The van der Waals surface area contributed by atoms with Gasteiger partial charge in [0.25, 0.3) is 5.91 Å². The van der Waals surface area contributed by atoms with Crippen LogP contribution in [0, 0.1) is 17.8 Å². The van der Waals surface area contributed by atoms with Crippen LogP contribution in [0.3, 0.4) is 0 Å². The number of fused-ring (bicyclic) bond motifs is 5. The number of aromatic nitrogens is 1. The number of rotatable bonds is 8. The maximum atomic E-state index is 14.9. The van der Waals surface area contributed by atoms with E-state index in [1.54, 1.807) is 7.11 Å². The van der Waals surface area contributed by atoms with E-state index in [9.17, 15) is 27.6 Å². The molecule has 14 nitrogen and oxygen atoms in total. The van der Waals surface area contributed by atoms with Crippen LogP contribution in [0.2, 0.25) is 0 Å². The normalized spacial score (nSPS) is 31.4.